The first-order valence-corrected chi connectivity index (χ1v) is 7.33. The fraction of sp³-hybridized carbons (Fsp3) is 0.214. The van der Waals surface area contributed by atoms with E-state index in [2.05, 4.69) is 21.4 Å². The Kier molecular flexibility index (Phi) is 3.56. The molecule has 0 fully saturated rings. The van der Waals surface area contributed by atoms with Crippen LogP contribution in [0.1, 0.15) is 28.5 Å². The number of nitrogens with one attached hydrogen (secondary N) is 1. The van der Waals surface area contributed by atoms with Crippen molar-refractivity contribution in [1.82, 2.24) is 15.3 Å². The van der Waals surface area contributed by atoms with Crippen LogP contribution in [-0.2, 0) is 0 Å². The van der Waals surface area contributed by atoms with Crippen molar-refractivity contribution in [3.05, 3.63) is 47.9 Å². The average molecular weight is 286 g/mol. The van der Waals surface area contributed by atoms with E-state index in [1.54, 1.807) is 0 Å². The zero-order chi connectivity index (χ0) is 13.9. The van der Waals surface area contributed by atoms with Gasteiger partial charge in [-0.1, -0.05) is 18.2 Å². The number of fused-ring (bicyclic) bond motifs is 1. The lowest BCUT2D eigenvalue weighted by Gasteiger charge is -2.25. The Balaban J connectivity index is 1.83. The van der Waals surface area contributed by atoms with Crippen molar-refractivity contribution in [2.45, 2.75) is 17.4 Å². The number of amides is 1. The Labute approximate surface area is 121 Å². The maximum Gasteiger partial charge on any atom is 0.274 e. The maximum atomic E-state index is 12.2. The molecule has 1 aliphatic heterocycles. The van der Waals surface area contributed by atoms with Crippen molar-refractivity contribution in [3.8, 4) is 0 Å². The predicted octanol–water partition coefficient (Wildman–Crippen LogP) is 2.03. The molecule has 0 radical (unpaired) electrons. The van der Waals surface area contributed by atoms with Crippen molar-refractivity contribution in [2.24, 2.45) is 0 Å². The summed E-state index contributed by atoms with van der Waals surface area (Å²) in [6.45, 7) is 0. The second-order valence-corrected chi connectivity index (χ2v) is 5.63. The van der Waals surface area contributed by atoms with Gasteiger partial charge in [0.1, 0.15) is 0 Å². The number of aromatic nitrogens is 2. The molecular formula is C14H14N4OS. The number of anilines is 1. The molecule has 102 valence electrons. The molecule has 5 nitrogen and oxygen atoms in total. The van der Waals surface area contributed by atoms with Crippen molar-refractivity contribution in [1.29, 1.82) is 0 Å². The Morgan fingerprint density at radius 2 is 2.10 bits per heavy atom. The Morgan fingerprint density at radius 1 is 1.30 bits per heavy atom. The third kappa shape index (κ3) is 2.46. The van der Waals surface area contributed by atoms with Crippen LogP contribution in [0.15, 0.2) is 41.6 Å². The second kappa shape index (κ2) is 5.50. The van der Waals surface area contributed by atoms with Gasteiger partial charge >= 0.3 is 0 Å². The van der Waals surface area contributed by atoms with Gasteiger partial charge in [0, 0.05) is 23.0 Å². The van der Waals surface area contributed by atoms with E-state index in [9.17, 15) is 4.79 Å². The minimum Gasteiger partial charge on any atom is -0.382 e. The minimum atomic E-state index is -0.276. The van der Waals surface area contributed by atoms with Gasteiger partial charge in [-0.25, -0.2) is 9.97 Å². The van der Waals surface area contributed by atoms with Crippen LogP contribution in [0.2, 0.25) is 0 Å². The lowest BCUT2D eigenvalue weighted by atomic mass is 10.0. The summed E-state index contributed by atoms with van der Waals surface area (Å²) in [6, 6.07) is 8.12. The van der Waals surface area contributed by atoms with Crippen molar-refractivity contribution >= 4 is 23.5 Å². The number of rotatable bonds is 2. The molecule has 1 amide bonds. The molecule has 0 saturated heterocycles. The van der Waals surface area contributed by atoms with Gasteiger partial charge in [-0.15, -0.1) is 11.8 Å². The molecule has 1 atom stereocenters. The van der Waals surface area contributed by atoms with Crippen LogP contribution in [0.25, 0.3) is 0 Å². The first kappa shape index (κ1) is 12.9. The summed E-state index contributed by atoms with van der Waals surface area (Å²) in [4.78, 5) is 21.3. The van der Waals surface area contributed by atoms with Gasteiger partial charge in [0.2, 0.25) is 0 Å². The van der Waals surface area contributed by atoms with Crippen LogP contribution in [-0.4, -0.2) is 21.6 Å². The predicted molar refractivity (Wildman–Crippen MR) is 78.4 cm³/mol. The first-order chi connectivity index (χ1) is 9.75. The molecule has 3 rings (SSSR count). The van der Waals surface area contributed by atoms with Crippen LogP contribution in [0.5, 0.6) is 0 Å². The van der Waals surface area contributed by atoms with Crippen LogP contribution in [0, 0.1) is 0 Å². The van der Waals surface area contributed by atoms with E-state index in [1.165, 1.54) is 17.3 Å². The Morgan fingerprint density at radius 3 is 2.95 bits per heavy atom. The normalized spacial score (nSPS) is 17.3. The van der Waals surface area contributed by atoms with E-state index in [-0.39, 0.29) is 23.5 Å². The molecule has 3 N–H and O–H groups in total. The minimum absolute atomic E-state index is 0.00126. The van der Waals surface area contributed by atoms with Crippen LogP contribution >= 0.6 is 11.8 Å². The molecule has 0 unspecified atom stereocenters. The number of nitrogens with zero attached hydrogens (tertiary/aromatic N) is 2. The quantitative estimate of drug-likeness (QED) is 0.883. The van der Waals surface area contributed by atoms with E-state index in [0.29, 0.717) is 0 Å². The van der Waals surface area contributed by atoms with Crippen molar-refractivity contribution in [2.75, 3.05) is 11.5 Å². The molecule has 0 saturated carbocycles. The van der Waals surface area contributed by atoms with E-state index in [1.807, 2.05) is 30.0 Å². The standard InChI is InChI=1S/C14H14N4OS/c15-13-12(16-6-7-17-13)14(19)18-10-5-8-20-11-4-2-1-3-9(10)11/h1-4,6-7,10H,5,8H2,(H2,15,17)(H,18,19)/t10-/m0/s1. The van der Waals surface area contributed by atoms with Crippen LogP contribution < -0.4 is 11.1 Å². The van der Waals surface area contributed by atoms with Gasteiger partial charge in [-0.2, -0.15) is 0 Å². The highest BCUT2D eigenvalue weighted by molar-refractivity contribution is 7.99. The summed E-state index contributed by atoms with van der Waals surface area (Å²) in [5.41, 5.74) is 7.02. The average Bonchev–Trinajstić information content (AvgIpc) is 2.48. The number of nitrogen functional groups attached to an aromatic ring is 1. The van der Waals surface area contributed by atoms with Gasteiger partial charge in [0.05, 0.1) is 6.04 Å². The molecule has 6 heteroatoms. The third-order valence-electron chi connectivity index (χ3n) is 3.21. The van der Waals surface area contributed by atoms with E-state index >= 15 is 0 Å². The van der Waals surface area contributed by atoms with Crippen molar-refractivity contribution < 1.29 is 4.79 Å². The topological polar surface area (TPSA) is 80.9 Å². The van der Waals surface area contributed by atoms with Gasteiger partial charge < -0.3 is 11.1 Å². The molecular weight excluding hydrogens is 272 g/mol. The summed E-state index contributed by atoms with van der Waals surface area (Å²) in [7, 11) is 0. The number of nitrogens with two attached hydrogens (primary N) is 1. The lowest BCUT2D eigenvalue weighted by Crippen LogP contribution is -2.31. The zero-order valence-electron chi connectivity index (χ0n) is 10.7. The van der Waals surface area contributed by atoms with Gasteiger partial charge in [0.25, 0.3) is 5.91 Å². The molecule has 0 spiro atoms. The number of carbonyl (C=O) groups is 1. The van der Waals surface area contributed by atoms with E-state index in [4.69, 9.17) is 5.73 Å². The smallest absolute Gasteiger partial charge is 0.274 e. The molecule has 1 aromatic carbocycles. The third-order valence-corrected chi connectivity index (χ3v) is 4.33. The molecule has 0 aliphatic carbocycles. The molecule has 0 bridgehead atoms. The van der Waals surface area contributed by atoms with E-state index < -0.39 is 0 Å². The molecule has 20 heavy (non-hydrogen) atoms. The van der Waals surface area contributed by atoms with Gasteiger partial charge in [-0.3, -0.25) is 4.79 Å². The number of thioether (sulfide) groups is 1. The lowest BCUT2D eigenvalue weighted by molar-refractivity contribution is 0.0930. The summed E-state index contributed by atoms with van der Waals surface area (Å²) in [5.74, 6) is 0.864. The summed E-state index contributed by atoms with van der Waals surface area (Å²) >= 11 is 1.81. The highest BCUT2D eigenvalue weighted by Gasteiger charge is 2.23. The molecule has 1 aliphatic rings. The number of carbonyl (C=O) groups excluding carboxylic acids is 1. The number of benzene rings is 1. The van der Waals surface area contributed by atoms with Gasteiger partial charge in [-0.05, 0) is 18.1 Å². The summed E-state index contributed by atoms with van der Waals surface area (Å²) in [5, 5.41) is 3.00. The van der Waals surface area contributed by atoms with Crippen molar-refractivity contribution in [3.63, 3.8) is 0 Å². The number of hydrogen-bond donors (Lipinski definition) is 2. The highest BCUT2D eigenvalue weighted by atomic mass is 32.2. The SMILES string of the molecule is Nc1nccnc1C(=O)N[C@H]1CCSc2ccccc21. The Hall–Kier alpha value is -2.08. The molecule has 2 heterocycles. The van der Waals surface area contributed by atoms with Crippen LogP contribution in [0.3, 0.4) is 0 Å². The van der Waals surface area contributed by atoms with E-state index in [0.717, 1.165) is 17.7 Å². The fourth-order valence-electron chi connectivity index (χ4n) is 2.24. The molecule has 2 aromatic rings. The molecule has 1 aromatic heterocycles. The maximum absolute atomic E-state index is 12.2. The van der Waals surface area contributed by atoms with Crippen LogP contribution in [0.4, 0.5) is 5.82 Å². The largest absolute Gasteiger partial charge is 0.382 e. The second-order valence-electron chi connectivity index (χ2n) is 4.49. The Bertz CT molecular complexity index is 647. The zero-order valence-corrected chi connectivity index (χ0v) is 11.6. The first-order valence-electron chi connectivity index (χ1n) is 6.35. The van der Waals surface area contributed by atoms with Gasteiger partial charge in [0.15, 0.2) is 11.5 Å². The fourth-order valence-corrected chi connectivity index (χ4v) is 3.37. The monoisotopic (exact) mass is 286 g/mol. The number of hydrogen-bond acceptors (Lipinski definition) is 5. The summed E-state index contributed by atoms with van der Waals surface area (Å²) in [6.07, 6.45) is 3.84. The highest BCUT2D eigenvalue weighted by Crippen LogP contribution is 2.35. The summed E-state index contributed by atoms with van der Waals surface area (Å²) < 4.78 is 0.